The lowest BCUT2D eigenvalue weighted by Crippen LogP contribution is -2.62. The van der Waals surface area contributed by atoms with Crippen LogP contribution in [0.3, 0.4) is 0 Å². The molecule has 2 saturated heterocycles. The minimum atomic E-state index is -4.79. The van der Waals surface area contributed by atoms with Gasteiger partial charge < -0.3 is 9.64 Å². The maximum atomic E-state index is 12.2. The molecule has 0 radical (unpaired) electrons. The number of carbonyl (C=O) groups is 3. The van der Waals surface area contributed by atoms with Gasteiger partial charge in [0.25, 0.3) is 11.1 Å². The molecule has 0 aliphatic carbocycles. The summed E-state index contributed by atoms with van der Waals surface area (Å²) in [5, 5.41) is -0.314. The van der Waals surface area contributed by atoms with E-state index in [-0.39, 0.29) is 47.5 Å². The Morgan fingerprint density at radius 1 is 1.17 bits per heavy atom. The third kappa shape index (κ3) is 3.32. The first kappa shape index (κ1) is 16.6. The van der Waals surface area contributed by atoms with Gasteiger partial charge >= 0.3 is 6.36 Å². The van der Waals surface area contributed by atoms with Crippen molar-refractivity contribution >= 4 is 28.8 Å². The third-order valence-electron chi connectivity index (χ3n) is 3.63. The highest BCUT2D eigenvalue weighted by Crippen LogP contribution is 2.28. The minimum Gasteiger partial charge on any atom is -0.406 e. The molecular weight excluding hydrogens is 349 g/mol. The van der Waals surface area contributed by atoms with Crippen molar-refractivity contribution in [2.24, 2.45) is 0 Å². The van der Waals surface area contributed by atoms with Crippen LogP contribution in [0.2, 0.25) is 0 Å². The van der Waals surface area contributed by atoms with Gasteiger partial charge in [0.2, 0.25) is 5.91 Å². The van der Waals surface area contributed by atoms with Crippen LogP contribution in [-0.4, -0.2) is 58.1 Å². The fraction of sp³-hybridized carbons (Fsp3) is 0.357. The van der Waals surface area contributed by atoms with Crippen molar-refractivity contribution in [1.29, 1.82) is 0 Å². The number of hydrogen-bond acceptors (Lipinski definition) is 5. The van der Waals surface area contributed by atoms with E-state index in [2.05, 4.69) is 4.74 Å². The zero-order valence-corrected chi connectivity index (χ0v) is 12.9. The molecule has 1 aromatic rings. The van der Waals surface area contributed by atoms with Gasteiger partial charge in [0.1, 0.15) is 5.75 Å². The van der Waals surface area contributed by atoms with Crippen molar-refractivity contribution in [2.45, 2.75) is 12.4 Å². The summed E-state index contributed by atoms with van der Waals surface area (Å²) in [7, 11) is 0. The summed E-state index contributed by atoms with van der Waals surface area (Å²) in [6.45, 7) is 0.440. The predicted octanol–water partition coefficient (Wildman–Crippen LogP) is 2.10. The van der Waals surface area contributed by atoms with Gasteiger partial charge in [0.15, 0.2) is 0 Å². The summed E-state index contributed by atoms with van der Waals surface area (Å²) in [6, 6.07) is 4.25. The number of nitrogens with zero attached hydrogens (tertiary/aromatic N) is 2. The van der Waals surface area contributed by atoms with Gasteiger partial charge in [-0.1, -0.05) is 11.8 Å². The molecule has 0 bridgehead atoms. The normalized spacial score (nSPS) is 18.8. The summed E-state index contributed by atoms with van der Waals surface area (Å²) in [6.07, 6.45) is -4.79. The zero-order valence-electron chi connectivity index (χ0n) is 12.1. The first-order valence-electron chi connectivity index (χ1n) is 6.88. The van der Waals surface area contributed by atoms with Gasteiger partial charge in [0.05, 0.1) is 11.8 Å². The molecule has 0 atom stereocenters. The van der Waals surface area contributed by atoms with E-state index in [0.29, 0.717) is 0 Å². The number of halogens is 3. The molecule has 6 nitrogen and oxygen atoms in total. The first-order valence-corrected chi connectivity index (χ1v) is 7.87. The number of rotatable bonds is 3. The van der Waals surface area contributed by atoms with Crippen molar-refractivity contribution in [3.05, 3.63) is 29.8 Å². The van der Waals surface area contributed by atoms with Crippen LogP contribution >= 0.6 is 11.8 Å². The Labute approximate surface area is 138 Å². The van der Waals surface area contributed by atoms with Crippen LogP contribution < -0.4 is 4.74 Å². The van der Waals surface area contributed by atoms with Crippen LogP contribution in [-0.2, 0) is 4.79 Å². The lowest BCUT2D eigenvalue weighted by Gasteiger charge is -2.42. The Morgan fingerprint density at radius 2 is 1.79 bits per heavy atom. The highest BCUT2D eigenvalue weighted by molar-refractivity contribution is 8.14. The number of ether oxygens (including phenoxy) is 1. The molecule has 24 heavy (non-hydrogen) atoms. The van der Waals surface area contributed by atoms with E-state index in [0.717, 1.165) is 28.8 Å². The molecule has 0 spiro atoms. The predicted molar refractivity (Wildman–Crippen MR) is 77.5 cm³/mol. The molecule has 1 aromatic carbocycles. The average molecular weight is 360 g/mol. The molecule has 10 heteroatoms. The van der Waals surface area contributed by atoms with Crippen molar-refractivity contribution in [2.75, 3.05) is 18.8 Å². The van der Waals surface area contributed by atoms with Crippen LogP contribution in [0.25, 0.3) is 0 Å². The lowest BCUT2D eigenvalue weighted by atomic mass is 10.1. The molecule has 2 aliphatic heterocycles. The Kier molecular flexibility index (Phi) is 4.16. The molecule has 0 saturated carbocycles. The van der Waals surface area contributed by atoms with E-state index < -0.39 is 12.1 Å². The number of benzene rings is 1. The Bertz CT molecular complexity index is 670. The van der Waals surface area contributed by atoms with E-state index in [4.69, 9.17) is 0 Å². The maximum Gasteiger partial charge on any atom is 0.573 e. The summed E-state index contributed by atoms with van der Waals surface area (Å²) >= 11 is 0.931. The standard InChI is InChI=1S/C14H11F3N2O4S/c15-14(16,17)23-10-3-1-8(2-4-10)12(21)18-5-9(6-18)19-11(20)7-24-13(19)22/h1-4,9H,5-7H2. The number of imide groups is 1. The Morgan fingerprint density at radius 3 is 2.29 bits per heavy atom. The molecule has 2 fully saturated rings. The van der Waals surface area contributed by atoms with Gasteiger partial charge in [-0.25, -0.2) is 0 Å². The van der Waals surface area contributed by atoms with Crippen LogP contribution in [0.1, 0.15) is 10.4 Å². The number of likely N-dealkylation sites (tertiary alicyclic amines) is 1. The maximum absolute atomic E-state index is 12.2. The lowest BCUT2D eigenvalue weighted by molar-refractivity contribution is -0.274. The molecule has 128 valence electrons. The van der Waals surface area contributed by atoms with E-state index >= 15 is 0 Å². The fourth-order valence-electron chi connectivity index (χ4n) is 2.48. The van der Waals surface area contributed by atoms with Crippen molar-refractivity contribution in [3.8, 4) is 5.75 Å². The first-order chi connectivity index (χ1) is 11.2. The molecule has 0 unspecified atom stereocenters. The number of amides is 3. The van der Waals surface area contributed by atoms with Gasteiger partial charge in [-0.2, -0.15) is 0 Å². The second kappa shape index (κ2) is 6.00. The highest BCUT2D eigenvalue weighted by atomic mass is 32.2. The van der Waals surface area contributed by atoms with Crippen LogP contribution in [0.5, 0.6) is 5.75 Å². The summed E-state index contributed by atoms with van der Waals surface area (Å²) in [5.74, 6) is -0.942. The number of carbonyl (C=O) groups excluding carboxylic acids is 3. The molecular formula is C14H11F3N2O4S. The van der Waals surface area contributed by atoms with Gasteiger partial charge in [0, 0.05) is 18.7 Å². The van der Waals surface area contributed by atoms with E-state index in [9.17, 15) is 27.6 Å². The van der Waals surface area contributed by atoms with Crippen LogP contribution in [0.15, 0.2) is 24.3 Å². The smallest absolute Gasteiger partial charge is 0.406 e. The Hall–Kier alpha value is -2.23. The van der Waals surface area contributed by atoms with Gasteiger partial charge in [-0.15, -0.1) is 13.2 Å². The second-order valence-electron chi connectivity index (χ2n) is 5.25. The second-order valence-corrected chi connectivity index (χ2v) is 6.18. The molecule has 0 N–H and O–H groups in total. The van der Waals surface area contributed by atoms with Crippen LogP contribution in [0.4, 0.5) is 18.0 Å². The number of hydrogen-bond donors (Lipinski definition) is 0. The molecule has 3 amide bonds. The largest absolute Gasteiger partial charge is 0.573 e. The quantitative estimate of drug-likeness (QED) is 0.826. The average Bonchev–Trinajstić information content (AvgIpc) is 2.77. The monoisotopic (exact) mass is 360 g/mol. The number of alkyl halides is 3. The fourth-order valence-corrected chi connectivity index (χ4v) is 3.26. The van der Waals surface area contributed by atoms with Crippen LogP contribution in [0, 0.1) is 0 Å². The van der Waals surface area contributed by atoms with Gasteiger partial charge in [-0.3, -0.25) is 19.3 Å². The number of thioether (sulfide) groups is 1. The summed E-state index contributed by atoms with van der Waals surface area (Å²) in [4.78, 5) is 38.0. The zero-order chi connectivity index (χ0) is 17.5. The van der Waals surface area contributed by atoms with Crippen molar-refractivity contribution in [1.82, 2.24) is 9.80 Å². The summed E-state index contributed by atoms with van der Waals surface area (Å²) < 4.78 is 40.0. The van der Waals surface area contributed by atoms with Gasteiger partial charge in [-0.05, 0) is 24.3 Å². The molecule has 2 aliphatic rings. The molecule has 0 aromatic heterocycles. The van der Waals surface area contributed by atoms with Crippen molar-refractivity contribution < 1.29 is 32.3 Å². The molecule has 2 heterocycles. The molecule has 3 rings (SSSR count). The third-order valence-corrected chi connectivity index (χ3v) is 4.47. The van der Waals surface area contributed by atoms with E-state index in [1.54, 1.807) is 0 Å². The topological polar surface area (TPSA) is 66.9 Å². The van der Waals surface area contributed by atoms with E-state index in [1.165, 1.54) is 17.0 Å². The Balaban J connectivity index is 1.58. The van der Waals surface area contributed by atoms with E-state index in [1.807, 2.05) is 0 Å². The SMILES string of the molecule is O=C(c1ccc(OC(F)(F)F)cc1)N1CC(N2C(=O)CSC2=O)C1. The minimum absolute atomic E-state index is 0.115. The highest BCUT2D eigenvalue weighted by Gasteiger charge is 2.43. The van der Waals surface area contributed by atoms with Crippen molar-refractivity contribution in [3.63, 3.8) is 0 Å². The summed E-state index contributed by atoms with van der Waals surface area (Å²) in [5.41, 5.74) is 0.205.